The summed E-state index contributed by atoms with van der Waals surface area (Å²) in [7, 11) is 0. The number of hydrogen-bond donors (Lipinski definition) is 0. The van der Waals surface area contributed by atoms with E-state index in [1.54, 1.807) is 0 Å². The number of carbonyl (C=O) groups is 1. The predicted molar refractivity (Wildman–Crippen MR) is 65.4 cm³/mol. The van der Waals surface area contributed by atoms with Crippen molar-refractivity contribution >= 4 is 27.5 Å². The highest BCUT2D eigenvalue weighted by Gasteiger charge is 2.31. The SMILES string of the molecule is N#Cc1ccc(N2CC(CBr)CC2=O)c(F)c1. The molecule has 2 rings (SSSR count). The smallest absolute Gasteiger partial charge is 0.227 e. The largest absolute Gasteiger partial charge is 0.309 e. The highest BCUT2D eigenvalue weighted by atomic mass is 79.9. The topological polar surface area (TPSA) is 44.1 Å². The Balaban J connectivity index is 2.29. The van der Waals surface area contributed by atoms with Gasteiger partial charge in [-0.1, -0.05) is 15.9 Å². The molecule has 1 aromatic rings. The first kappa shape index (κ1) is 12.1. The minimum Gasteiger partial charge on any atom is -0.309 e. The van der Waals surface area contributed by atoms with Crippen LogP contribution in [0.25, 0.3) is 0 Å². The lowest BCUT2D eigenvalue weighted by Gasteiger charge is -2.17. The standard InChI is InChI=1S/C12H10BrFN2O/c13-5-9-4-12(17)16(7-9)11-2-1-8(6-15)3-10(11)14/h1-3,9H,4-5,7H2. The first-order valence-corrected chi connectivity index (χ1v) is 6.34. The molecule has 1 aliphatic rings. The molecule has 1 atom stereocenters. The quantitative estimate of drug-likeness (QED) is 0.787. The Kier molecular flexibility index (Phi) is 3.43. The Labute approximate surface area is 107 Å². The number of alkyl halides is 1. The molecule has 0 saturated carbocycles. The van der Waals surface area contributed by atoms with Gasteiger partial charge in [0.25, 0.3) is 0 Å². The van der Waals surface area contributed by atoms with Gasteiger partial charge in [-0.05, 0) is 24.1 Å². The van der Waals surface area contributed by atoms with Crippen molar-refractivity contribution in [3.63, 3.8) is 0 Å². The third kappa shape index (κ3) is 2.32. The molecule has 0 bridgehead atoms. The lowest BCUT2D eigenvalue weighted by molar-refractivity contribution is -0.117. The molecule has 0 N–H and O–H groups in total. The zero-order chi connectivity index (χ0) is 12.4. The van der Waals surface area contributed by atoms with Gasteiger partial charge in [-0.2, -0.15) is 5.26 Å². The number of halogens is 2. The Hall–Kier alpha value is -1.41. The molecule has 1 aromatic carbocycles. The molecule has 0 aromatic heterocycles. The Bertz CT molecular complexity index is 498. The van der Waals surface area contributed by atoms with E-state index in [1.807, 2.05) is 6.07 Å². The fourth-order valence-electron chi connectivity index (χ4n) is 1.91. The average Bonchev–Trinajstić information content (AvgIpc) is 2.70. The summed E-state index contributed by atoms with van der Waals surface area (Å²) in [6.45, 7) is 0.521. The number of benzene rings is 1. The van der Waals surface area contributed by atoms with Crippen LogP contribution in [0.5, 0.6) is 0 Å². The van der Waals surface area contributed by atoms with Gasteiger partial charge in [-0.15, -0.1) is 0 Å². The van der Waals surface area contributed by atoms with E-state index in [4.69, 9.17) is 5.26 Å². The zero-order valence-corrected chi connectivity index (χ0v) is 10.6. The van der Waals surface area contributed by atoms with E-state index in [1.165, 1.54) is 17.0 Å². The van der Waals surface area contributed by atoms with Gasteiger partial charge in [0, 0.05) is 18.3 Å². The molecule has 0 spiro atoms. The Morgan fingerprint density at radius 1 is 1.59 bits per heavy atom. The number of carbonyl (C=O) groups excluding carboxylic acids is 1. The van der Waals surface area contributed by atoms with Crippen LogP contribution in [0.3, 0.4) is 0 Å². The Morgan fingerprint density at radius 3 is 2.88 bits per heavy atom. The summed E-state index contributed by atoms with van der Waals surface area (Å²) in [5, 5.41) is 9.38. The molecule has 1 aliphatic heterocycles. The monoisotopic (exact) mass is 296 g/mol. The molecule has 88 valence electrons. The van der Waals surface area contributed by atoms with E-state index in [0.29, 0.717) is 13.0 Å². The molecule has 1 heterocycles. The summed E-state index contributed by atoms with van der Waals surface area (Å²) in [5.41, 5.74) is 0.521. The summed E-state index contributed by atoms with van der Waals surface area (Å²) in [5.74, 6) is -0.372. The minimum absolute atomic E-state index is 0.0712. The van der Waals surface area contributed by atoms with Crippen LogP contribution in [0, 0.1) is 23.1 Å². The molecule has 0 radical (unpaired) electrons. The highest BCUT2D eigenvalue weighted by Crippen LogP contribution is 2.28. The lowest BCUT2D eigenvalue weighted by Crippen LogP contribution is -2.25. The van der Waals surface area contributed by atoms with E-state index < -0.39 is 5.82 Å². The van der Waals surface area contributed by atoms with Crippen molar-refractivity contribution in [2.24, 2.45) is 5.92 Å². The number of nitriles is 1. The molecule has 1 saturated heterocycles. The van der Waals surface area contributed by atoms with Gasteiger partial charge >= 0.3 is 0 Å². The van der Waals surface area contributed by atoms with Gasteiger partial charge in [0.2, 0.25) is 5.91 Å². The summed E-state index contributed by atoms with van der Waals surface area (Å²) >= 11 is 3.33. The molecule has 1 unspecified atom stereocenters. The second-order valence-electron chi connectivity index (χ2n) is 4.01. The lowest BCUT2D eigenvalue weighted by atomic mass is 10.1. The van der Waals surface area contributed by atoms with Crippen molar-refractivity contribution in [2.75, 3.05) is 16.8 Å². The number of rotatable bonds is 2. The van der Waals surface area contributed by atoms with Crippen LogP contribution in [0.4, 0.5) is 10.1 Å². The molecule has 5 heteroatoms. The number of anilines is 1. The average molecular weight is 297 g/mol. The summed E-state index contributed by atoms with van der Waals surface area (Å²) in [4.78, 5) is 13.2. The van der Waals surface area contributed by atoms with Crippen molar-refractivity contribution in [3.05, 3.63) is 29.6 Å². The third-order valence-corrected chi connectivity index (χ3v) is 3.71. The van der Waals surface area contributed by atoms with E-state index >= 15 is 0 Å². The zero-order valence-electron chi connectivity index (χ0n) is 8.99. The second kappa shape index (κ2) is 4.84. The summed E-state index contributed by atoms with van der Waals surface area (Å²) in [6.07, 6.45) is 0.435. The van der Waals surface area contributed by atoms with Crippen LogP contribution in [0.15, 0.2) is 18.2 Å². The van der Waals surface area contributed by atoms with Crippen LogP contribution < -0.4 is 4.90 Å². The maximum atomic E-state index is 13.7. The van der Waals surface area contributed by atoms with Crippen molar-refractivity contribution < 1.29 is 9.18 Å². The summed E-state index contributed by atoms with van der Waals surface area (Å²) < 4.78 is 13.7. The van der Waals surface area contributed by atoms with Gasteiger partial charge in [0.05, 0.1) is 17.3 Å². The van der Waals surface area contributed by atoms with Crippen LogP contribution in [-0.2, 0) is 4.79 Å². The number of nitrogens with zero attached hydrogens (tertiary/aromatic N) is 2. The molecule has 0 aliphatic carbocycles. The second-order valence-corrected chi connectivity index (χ2v) is 4.65. The van der Waals surface area contributed by atoms with Gasteiger partial charge in [-0.25, -0.2) is 4.39 Å². The normalized spacial score (nSPS) is 19.5. The number of hydrogen-bond acceptors (Lipinski definition) is 2. The number of amides is 1. The van der Waals surface area contributed by atoms with E-state index in [9.17, 15) is 9.18 Å². The molecule has 3 nitrogen and oxygen atoms in total. The molecular weight excluding hydrogens is 287 g/mol. The van der Waals surface area contributed by atoms with Gasteiger partial charge in [0.1, 0.15) is 5.82 Å². The van der Waals surface area contributed by atoms with Gasteiger partial charge < -0.3 is 4.90 Å². The predicted octanol–water partition coefficient (Wildman–Crippen LogP) is 2.45. The molecule has 17 heavy (non-hydrogen) atoms. The fraction of sp³-hybridized carbons (Fsp3) is 0.333. The molecule has 1 fully saturated rings. The van der Waals surface area contributed by atoms with Crippen molar-refractivity contribution in [2.45, 2.75) is 6.42 Å². The van der Waals surface area contributed by atoms with Crippen molar-refractivity contribution in [3.8, 4) is 6.07 Å². The van der Waals surface area contributed by atoms with Crippen LogP contribution >= 0.6 is 15.9 Å². The Morgan fingerprint density at radius 2 is 2.35 bits per heavy atom. The third-order valence-electron chi connectivity index (χ3n) is 2.79. The van der Waals surface area contributed by atoms with Crippen LogP contribution in [0.1, 0.15) is 12.0 Å². The van der Waals surface area contributed by atoms with Crippen LogP contribution in [0.2, 0.25) is 0 Å². The molecular formula is C12H10BrFN2O. The van der Waals surface area contributed by atoms with E-state index in [-0.39, 0.29) is 23.1 Å². The first-order chi connectivity index (χ1) is 8.15. The van der Waals surface area contributed by atoms with E-state index in [2.05, 4.69) is 15.9 Å². The maximum Gasteiger partial charge on any atom is 0.227 e. The first-order valence-electron chi connectivity index (χ1n) is 5.21. The highest BCUT2D eigenvalue weighted by molar-refractivity contribution is 9.09. The van der Waals surface area contributed by atoms with Crippen LogP contribution in [-0.4, -0.2) is 17.8 Å². The fourth-order valence-corrected chi connectivity index (χ4v) is 2.35. The van der Waals surface area contributed by atoms with Gasteiger partial charge in [-0.3, -0.25) is 4.79 Å². The molecule has 1 amide bonds. The maximum absolute atomic E-state index is 13.7. The van der Waals surface area contributed by atoms with Crippen molar-refractivity contribution in [1.82, 2.24) is 0 Å². The minimum atomic E-state index is -0.521. The van der Waals surface area contributed by atoms with Gasteiger partial charge in [0.15, 0.2) is 0 Å². The van der Waals surface area contributed by atoms with E-state index in [0.717, 1.165) is 11.4 Å². The summed E-state index contributed by atoms with van der Waals surface area (Å²) in [6, 6.07) is 6.03. The van der Waals surface area contributed by atoms with Crippen molar-refractivity contribution in [1.29, 1.82) is 5.26 Å².